The first-order chi connectivity index (χ1) is 16.8. The Balaban J connectivity index is 1.39. The van der Waals surface area contributed by atoms with Gasteiger partial charge in [-0.1, -0.05) is 60.7 Å². The first-order valence-corrected chi connectivity index (χ1v) is 11.9. The Hall–Kier alpha value is -3.59. The second-order valence-electron chi connectivity index (χ2n) is 7.89. The fraction of sp³-hybridized carbons (Fsp3) is 0.192. The zero-order chi connectivity index (χ0) is 24.8. The Morgan fingerprint density at radius 3 is 2.43 bits per heavy atom. The molecule has 1 aliphatic heterocycles. The number of carbonyl (C=O) groups is 2. The van der Waals surface area contributed by atoms with Gasteiger partial charge < -0.3 is 4.90 Å². The Kier molecular flexibility index (Phi) is 7.55. The molecule has 5 nitrogen and oxygen atoms in total. The first-order valence-electron chi connectivity index (χ1n) is 10.9. The van der Waals surface area contributed by atoms with Crippen LogP contribution in [0.25, 0.3) is 0 Å². The van der Waals surface area contributed by atoms with Crippen LogP contribution < -0.4 is 5.43 Å². The summed E-state index contributed by atoms with van der Waals surface area (Å²) in [5, 5.41) is 3.55. The largest absolute Gasteiger partial charge is 0.417 e. The summed E-state index contributed by atoms with van der Waals surface area (Å²) in [4.78, 5) is 26.7. The van der Waals surface area contributed by atoms with E-state index >= 15 is 0 Å². The molecule has 3 aromatic carbocycles. The highest BCUT2D eigenvalue weighted by Gasteiger charge is 2.33. The summed E-state index contributed by atoms with van der Waals surface area (Å²) in [6, 6.07) is 21.7. The minimum Gasteiger partial charge on any atom is -0.326 e. The Labute approximate surface area is 205 Å². The van der Waals surface area contributed by atoms with Gasteiger partial charge >= 0.3 is 6.18 Å². The van der Waals surface area contributed by atoms with Gasteiger partial charge in [-0.2, -0.15) is 18.3 Å². The van der Waals surface area contributed by atoms with Gasteiger partial charge in [0.1, 0.15) is 5.37 Å². The van der Waals surface area contributed by atoms with Gasteiger partial charge in [-0.05, 0) is 35.7 Å². The third kappa shape index (κ3) is 6.10. The second kappa shape index (κ2) is 10.8. The summed E-state index contributed by atoms with van der Waals surface area (Å²) in [6.07, 6.45) is -2.79. The molecule has 1 saturated heterocycles. The van der Waals surface area contributed by atoms with E-state index in [0.29, 0.717) is 17.9 Å². The van der Waals surface area contributed by atoms with Gasteiger partial charge in [0.25, 0.3) is 5.91 Å². The molecule has 1 fully saturated rings. The number of hydrogen-bond acceptors (Lipinski definition) is 4. The minimum atomic E-state index is -4.52. The normalized spacial score (nSPS) is 16.1. The molecule has 1 heterocycles. The number of nitrogens with one attached hydrogen (secondary N) is 1. The van der Waals surface area contributed by atoms with Gasteiger partial charge in [0.15, 0.2) is 0 Å². The number of nitrogens with zero attached hydrogens (tertiary/aromatic N) is 2. The fourth-order valence-electron chi connectivity index (χ4n) is 3.76. The van der Waals surface area contributed by atoms with E-state index < -0.39 is 17.6 Å². The number of amides is 2. The molecule has 1 aliphatic rings. The molecule has 0 bridgehead atoms. The summed E-state index contributed by atoms with van der Waals surface area (Å²) in [5.41, 5.74) is 3.64. The number of carbonyl (C=O) groups excluding carboxylic acids is 2. The van der Waals surface area contributed by atoms with Crippen LogP contribution in [0, 0.1) is 0 Å². The van der Waals surface area contributed by atoms with Crippen molar-refractivity contribution in [3.8, 4) is 0 Å². The van der Waals surface area contributed by atoms with Gasteiger partial charge in [-0.25, -0.2) is 5.43 Å². The van der Waals surface area contributed by atoms with E-state index in [9.17, 15) is 22.8 Å². The predicted octanol–water partition coefficient (Wildman–Crippen LogP) is 5.29. The van der Waals surface area contributed by atoms with E-state index in [4.69, 9.17) is 0 Å². The summed E-state index contributed by atoms with van der Waals surface area (Å²) in [7, 11) is 0. The van der Waals surface area contributed by atoms with Crippen molar-refractivity contribution in [3.05, 3.63) is 107 Å². The molecule has 2 amide bonds. The quantitative estimate of drug-likeness (QED) is 0.357. The number of thioether (sulfide) groups is 1. The lowest BCUT2D eigenvalue weighted by Crippen LogP contribution is -2.30. The van der Waals surface area contributed by atoms with Crippen LogP contribution in [0.4, 0.5) is 13.2 Å². The van der Waals surface area contributed by atoms with Crippen LogP contribution >= 0.6 is 11.8 Å². The number of hydrogen-bond donors (Lipinski definition) is 1. The Morgan fingerprint density at radius 1 is 1.03 bits per heavy atom. The van der Waals surface area contributed by atoms with Gasteiger partial charge in [0.05, 0.1) is 17.5 Å². The molecule has 9 heteroatoms. The third-order valence-electron chi connectivity index (χ3n) is 5.55. The van der Waals surface area contributed by atoms with Crippen molar-refractivity contribution in [1.82, 2.24) is 10.3 Å². The van der Waals surface area contributed by atoms with E-state index in [-0.39, 0.29) is 16.8 Å². The number of alkyl halides is 3. The van der Waals surface area contributed by atoms with Gasteiger partial charge in [-0.3, -0.25) is 9.59 Å². The van der Waals surface area contributed by atoms with Crippen molar-refractivity contribution in [2.24, 2.45) is 5.10 Å². The number of benzene rings is 3. The van der Waals surface area contributed by atoms with Crippen LogP contribution in [-0.2, 0) is 17.4 Å². The minimum absolute atomic E-state index is 0.0752. The fourth-order valence-corrected chi connectivity index (χ4v) is 4.98. The summed E-state index contributed by atoms with van der Waals surface area (Å²) >= 11 is 1.54. The molecular formula is C26H22F3N3O2S. The lowest BCUT2D eigenvalue weighted by atomic mass is 10.1. The lowest BCUT2D eigenvalue weighted by molar-refractivity contribution is -0.137. The van der Waals surface area contributed by atoms with Crippen LogP contribution in [0.1, 0.15) is 38.0 Å². The Bertz CT molecular complexity index is 1210. The number of halogens is 3. The smallest absolute Gasteiger partial charge is 0.326 e. The van der Waals surface area contributed by atoms with E-state index in [1.54, 1.807) is 24.3 Å². The molecule has 180 valence electrons. The van der Waals surface area contributed by atoms with Crippen LogP contribution in [0.3, 0.4) is 0 Å². The van der Waals surface area contributed by atoms with Crippen LogP contribution in [0.15, 0.2) is 84.0 Å². The van der Waals surface area contributed by atoms with E-state index in [2.05, 4.69) is 10.5 Å². The summed E-state index contributed by atoms with van der Waals surface area (Å²) < 4.78 is 39.2. The maximum Gasteiger partial charge on any atom is 0.417 e. The highest BCUT2D eigenvalue weighted by molar-refractivity contribution is 8.00. The molecule has 1 atom stereocenters. The maximum atomic E-state index is 13.1. The van der Waals surface area contributed by atoms with Crippen molar-refractivity contribution >= 4 is 29.8 Å². The van der Waals surface area contributed by atoms with Gasteiger partial charge in [-0.15, -0.1) is 11.8 Å². The average molecular weight is 498 g/mol. The van der Waals surface area contributed by atoms with Gasteiger partial charge in [0, 0.05) is 17.7 Å². The third-order valence-corrected chi connectivity index (χ3v) is 6.80. The van der Waals surface area contributed by atoms with Crippen LogP contribution in [0.5, 0.6) is 0 Å². The molecular weight excluding hydrogens is 475 g/mol. The topological polar surface area (TPSA) is 61.8 Å². The molecule has 0 aliphatic carbocycles. The molecule has 4 rings (SSSR count). The summed E-state index contributed by atoms with van der Waals surface area (Å²) in [6.45, 7) is 0.594. The highest BCUT2D eigenvalue weighted by atomic mass is 32.2. The van der Waals surface area contributed by atoms with Crippen molar-refractivity contribution in [3.63, 3.8) is 0 Å². The number of hydrazone groups is 1. The molecule has 0 unspecified atom stereocenters. The molecule has 1 N–H and O–H groups in total. The molecule has 0 saturated carbocycles. The standard InChI is InChI=1S/C26H22F3N3O2S/c27-26(28,29)22-9-5-4-8-21(22)16-30-31-24(34)19-10-12-20(13-11-19)25-32(23(33)17-35-25)15-14-18-6-2-1-3-7-18/h1-13,16,25H,14-15,17H2,(H,31,34)/b30-16-/t25-/m1/s1. The Morgan fingerprint density at radius 2 is 1.71 bits per heavy atom. The first kappa shape index (κ1) is 24.5. The second-order valence-corrected chi connectivity index (χ2v) is 8.96. The van der Waals surface area contributed by atoms with Crippen molar-refractivity contribution in [2.45, 2.75) is 18.0 Å². The van der Waals surface area contributed by atoms with Crippen molar-refractivity contribution in [2.75, 3.05) is 12.3 Å². The number of rotatable bonds is 7. The van der Waals surface area contributed by atoms with E-state index in [1.807, 2.05) is 35.2 Å². The highest BCUT2D eigenvalue weighted by Crippen LogP contribution is 2.38. The monoisotopic (exact) mass is 497 g/mol. The molecule has 3 aromatic rings. The zero-order valence-corrected chi connectivity index (χ0v) is 19.4. The van der Waals surface area contributed by atoms with Crippen molar-refractivity contribution in [1.29, 1.82) is 0 Å². The molecule has 0 aromatic heterocycles. The maximum absolute atomic E-state index is 13.1. The molecule has 35 heavy (non-hydrogen) atoms. The average Bonchev–Trinajstić information content (AvgIpc) is 3.23. The molecule has 0 radical (unpaired) electrons. The van der Waals surface area contributed by atoms with Crippen molar-refractivity contribution < 1.29 is 22.8 Å². The van der Waals surface area contributed by atoms with Crippen LogP contribution in [-0.4, -0.2) is 35.2 Å². The lowest BCUT2D eigenvalue weighted by Gasteiger charge is -2.24. The van der Waals surface area contributed by atoms with Crippen LogP contribution in [0.2, 0.25) is 0 Å². The van der Waals surface area contributed by atoms with E-state index in [1.165, 1.54) is 30.0 Å². The van der Waals surface area contributed by atoms with Gasteiger partial charge in [0.2, 0.25) is 5.91 Å². The predicted molar refractivity (Wildman–Crippen MR) is 130 cm³/mol. The summed E-state index contributed by atoms with van der Waals surface area (Å²) in [5.74, 6) is -0.0740. The van der Waals surface area contributed by atoms with E-state index in [0.717, 1.165) is 29.8 Å². The molecule has 0 spiro atoms. The SMILES string of the molecule is O=C(N/N=C\c1ccccc1C(F)(F)F)c1ccc([C@H]2SCC(=O)N2CCc2ccccc2)cc1. The zero-order valence-electron chi connectivity index (χ0n) is 18.5.